The highest BCUT2D eigenvalue weighted by molar-refractivity contribution is 6.30. The van der Waals surface area contributed by atoms with Gasteiger partial charge < -0.3 is 9.80 Å². The lowest BCUT2D eigenvalue weighted by Gasteiger charge is -2.33. The normalized spacial score (nSPS) is 12.6. The topological polar surface area (TPSA) is 40.6 Å². The van der Waals surface area contributed by atoms with Crippen molar-refractivity contribution in [3.63, 3.8) is 0 Å². The van der Waals surface area contributed by atoms with Crippen LogP contribution < -0.4 is 9.80 Å². The number of carbonyl (C=O) groups is 2. The molecule has 1 aliphatic carbocycles. The van der Waals surface area contributed by atoms with Gasteiger partial charge in [0.1, 0.15) is 0 Å². The number of rotatable bonds is 6. The molecule has 1 aliphatic rings. The average Bonchev–Trinajstić information content (AvgIpc) is 2.68. The molecule has 2 aromatic carbocycles. The van der Waals surface area contributed by atoms with Crippen LogP contribution in [0.1, 0.15) is 59.5 Å². The predicted octanol–water partition coefficient (Wildman–Crippen LogP) is 4.15. The first-order valence-corrected chi connectivity index (χ1v) is 9.44. The summed E-state index contributed by atoms with van der Waals surface area (Å²) < 4.78 is 0. The maximum absolute atomic E-state index is 13.4. The van der Waals surface area contributed by atoms with Crippen molar-refractivity contribution in [3.05, 3.63) is 58.7 Å². The molecule has 0 spiro atoms. The monoisotopic (exact) mass is 350 g/mol. The van der Waals surface area contributed by atoms with Crippen LogP contribution in [-0.4, -0.2) is 37.7 Å². The highest BCUT2D eigenvalue weighted by atomic mass is 16.1. The van der Waals surface area contributed by atoms with Crippen LogP contribution in [0.5, 0.6) is 0 Å². The third-order valence-corrected chi connectivity index (χ3v) is 5.23. The Bertz CT molecular complexity index is 849. The molecule has 0 saturated heterocycles. The fraction of sp³-hybridized carbons (Fsp3) is 0.364. The Morgan fingerprint density at radius 2 is 1.19 bits per heavy atom. The molecule has 0 radical (unpaired) electrons. The van der Waals surface area contributed by atoms with Gasteiger partial charge in [-0.1, -0.05) is 24.3 Å². The Labute approximate surface area is 155 Å². The third kappa shape index (κ3) is 2.70. The zero-order valence-corrected chi connectivity index (χ0v) is 16.0. The molecule has 0 aromatic heterocycles. The SMILES string of the molecule is CCN(CC)c1ccc2c(c1N(CC)CC)C(=O)c1ccccc1C2=O. The van der Waals surface area contributed by atoms with Crippen LogP contribution in [-0.2, 0) is 0 Å². The Morgan fingerprint density at radius 3 is 1.73 bits per heavy atom. The van der Waals surface area contributed by atoms with Gasteiger partial charge in [0.15, 0.2) is 11.6 Å². The highest BCUT2D eigenvalue weighted by Gasteiger charge is 2.34. The Morgan fingerprint density at radius 1 is 0.654 bits per heavy atom. The van der Waals surface area contributed by atoms with Crippen LogP contribution in [0.15, 0.2) is 36.4 Å². The summed E-state index contributed by atoms with van der Waals surface area (Å²) in [5.74, 6) is -0.110. The van der Waals surface area contributed by atoms with Crippen LogP contribution >= 0.6 is 0 Å². The molecule has 0 amide bonds. The van der Waals surface area contributed by atoms with Gasteiger partial charge in [-0.15, -0.1) is 0 Å². The summed E-state index contributed by atoms with van der Waals surface area (Å²) in [6.07, 6.45) is 0. The summed E-state index contributed by atoms with van der Waals surface area (Å²) in [5.41, 5.74) is 4.01. The number of anilines is 2. The minimum absolute atomic E-state index is 0.0499. The van der Waals surface area contributed by atoms with Gasteiger partial charge in [0.25, 0.3) is 0 Å². The molecule has 4 nitrogen and oxygen atoms in total. The molecule has 3 rings (SSSR count). The number of hydrogen-bond acceptors (Lipinski definition) is 4. The van der Waals surface area contributed by atoms with E-state index in [1.165, 1.54) is 0 Å². The molecule has 0 aliphatic heterocycles. The van der Waals surface area contributed by atoms with Gasteiger partial charge in [-0.05, 0) is 39.8 Å². The van der Waals surface area contributed by atoms with E-state index in [1.54, 1.807) is 12.1 Å². The minimum Gasteiger partial charge on any atom is -0.370 e. The van der Waals surface area contributed by atoms with Gasteiger partial charge in [-0.2, -0.15) is 0 Å². The van der Waals surface area contributed by atoms with Gasteiger partial charge in [-0.25, -0.2) is 0 Å². The summed E-state index contributed by atoms with van der Waals surface area (Å²) in [6.45, 7) is 11.6. The number of fused-ring (bicyclic) bond motifs is 2. The van der Waals surface area contributed by atoms with E-state index in [0.717, 1.165) is 37.6 Å². The number of carbonyl (C=O) groups excluding carboxylic acids is 2. The smallest absolute Gasteiger partial charge is 0.196 e. The minimum atomic E-state index is -0.0605. The van der Waals surface area contributed by atoms with E-state index in [4.69, 9.17) is 0 Å². The second kappa shape index (κ2) is 7.32. The molecule has 136 valence electrons. The molecular formula is C22H26N2O2. The number of ketones is 2. The largest absolute Gasteiger partial charge is 0.370 e. The molecule has 4 heteroatoms. The molecule has 0 fully saturated rings. The second-order valence-electron chi connectivity index (χ2n) is 6.40. The quantitative estimate of drug-likeness (QED) is 0.669. The van der Waals surface area contributed by atoms with Crippen LogP contribution in [0, 0.1) is 0 Å². The van der Waals surface area contributed by atoms with E-state index >= 15 is 0 Å². The van der Waals surface area contributed by atoms with Gasteiger partial charge in [0.2, 0.25) is 0 Å². The van der Waals surface area contributed by atoms with Crippen molar-refractivity contribution in [1.82, 2.24) is 0 Å². The third-order valence-electron chi connectivity index (χ3n) is 5.23. The van der Waals surface area contributed by atoms with Crippen LogP contribution in [0.2, 0.25) is 0 Å². The van der Waals surface area contributed by atoms with E-state index in [9.17, 15) is 9.59 Å². The van der Waals surface area contributed by atoms with Crippen LogP contribution in [0.25, 0.3) is 0 Å². The zero-order chi connectivity index (χ0) is 18.8. The van der Waals surface area contributed by atoms with E-state index in [0.29, 0.717) is 22.3 Å². The maximum atomic E-state index is 13.4. The van der Waals surface area contributed by atoms with E-state index in [-0.39, 0.29) is 11.6 Å². The molecule has 0 saturated carbocycles. The highest BCUT2D eigenvalue weighted by Crippen LogP contribution is 2.40. The lowest BCUT2D eigenvalue weighted by Crippen LogP contribution is -2.32. The molecular weight excluding hydrogens is 324 g/mol. The van der Waals surface area contributed by atoms with Gasteiger partial charge in [0.05, 0.1) is 16.9 Å². The Hall–Kier alpha value is -2.62. The first-order chi connectivity index (χ1) is 12.6. The zero-order valence-electron chi connectivity index (χ0n) is 16.0. The van der Waals surface area contributed by atoms with Crippen molar-refractivity contribution in [1.29, 1.82) is 0 Å². The van der Waals surface area contributed by atoms with Gasteiger partial charge in [-0.3, -0.25) is 9.59 Å². The first-order valence-electron chi connectivity index (χ1n) is 9.44. The standard InChI is InChI=1S/C22H26N2O2/c1-5-23(6-2)18-14-13-17-19(20(18)24(7-3)8-4)22(26)16-12-10-9-11-15(16)21(17)25/h9-14H,5-8H2,1-4H3. The van der Waals surface area contributed by atoms with Gasteiger partial charge >= 0.3 is 0 Å². The van der Waals surface area contributed by atoms with Crippen molar-refractivity contribution in [2.75, 3.05) is 36.0 Å². The Kier molecular flexibility index (Phi) is 5.12. The van der Waals surface area contributed by atoms with Crippen molar-refractivity contribution in [2.24, 2.45) is 0 Å². The summed E-state index contributed by atoms with van der Waals surface area (Å²) in [5, 5.41) is 0. The fourth-order valence-corrected chi connectivity index (χ4v) is 3.84. The summed E-state index contributed by atoms with van der Waals surface area (Å²) >= 11 is 0. The molecule has 0 atom stereocenters. The maximum Gasteiger partial charge on any atom is 0.196 e. The number of benzene rings is 2. The molecule has 0 unspecified atom stereocenters. The van der Waals surface area contributed by atoms with Gasteiger partial charge in [0, 0.05) is 42.9 Å². The average molecular weight is 350 g/mol. The van der Waals surface area contributed by atoms with E-state index in [1.807, 2.05) is 24.3 Å². The molecule has 2 aromatic rings. The van der Waals surface area contributed by atoms with Crippen molar-refractivity contribution in [2.45, 2.75) is 27.7 Å². The van der Waals surface area contributed by atoms with E-state index < -0.39 is 0 Å². The molecule has 0 N–H and O–H groups in total. The molecule has 26 heavy (non-hydrogen) atoms. The Balaban J connectivity index is 2.33. The van der Waals surface area contributed by atoms with Crippen molar-refractivity contribution >= 4 is 22.9 Å². The lowest BCUT2D eigenvalue weighted by molar-refractivity contribution is 0.0979. The fourth-order valence-electron chi connectivity index (χ4n) is 3.84. The number of hydrogen-bond donors (Lipinski definition) is 0. The molecule has 0 bridgehead atoms. The predicted molar refractivity (Wildman–Crippen MR) is 107 cm³/mol. The summed E-state index contributed by atoms with van der Waals surface area (Å²) in [6, 6.07) is 11.0. The second-order valence-corrected chi connectivity index (χ2v) is 6.40. The lowest BCUT2D eigenvalue weighted by atomic mass is 9.82. The molecule has 0 heterocycles. The number of nitrogens with zero attached hydrogens (tertiary/aromatic N) is 2. The van der Waals surface area contributed by atoms with Crippen molar-refractivity contribution in [3.8, 4) is 0 Å². The van der Waals surface area contributed by atoms with Crippen molar-refractivity contribution < 1.29 is 9.59 Å². The van der Waals surface area contributed by atoms with Crippen LogP contribution in [0.4, 0.5) is 11.4 Å². The summed E-state index contributed by atoms with van der Waals surface area (Å²) in [7, 11) is 0. The summed E-state index contributed by atoms with van der Waals surface area (Å²) in [4.78, 5) is 30.8. The van der Waals surface area contributed by atoms with E-state index in [2.05, 4.69) is 37.5 Å². The first kappa shape index (κ1) is 18.2. The van der Waals surface area contributed by atoms with Crippen LogP contribution in [0.3, 0.4) is 0 Å².